The minimum absolute atomic E-state index is 0.209. The number of imide groups is 2. The quantitative estimate of drug-likeness (QED) is 0.218. The fourth-order valence-electron chi connectivity index (χ4n) is 3.52. The molecule has 1 N–H and O–H groups in total. The zero-order chi connectivity index (χ0) is 26.4. The number of halogens is 2. The van der Waals surface area contributed by atoms with Gasteiger partial charge in [0.15, 0.2) is 11.5 Å². The molecule has 0 spiro atoms. The van der Waals surface area contributed by atoms with Gasteiger partial charge in [0, 0.05) is 5.02 Å². The highest BCUT2D eigenvalue weighted by Crippen LogP contribution is 2.31. The number of carbonyl (C=O) groups excluding carboxylic acids is 3. The number of benzene rings is 3. The monoisotopic (exact) mass is 540 g/mol. The molecule has 1 aliphatic rings. The van der Waals surface area contributed by atoms with Gasteiger partial charge in [0.1, 0.15) is 24.5 Å². The summed E-state index contributed by atoms with van der Waals surface area (Å²) >= 11 is 12.0. The molecular weight excluding hydrogens is 519 g/mol. The molecule has 1 aliphatic heterocycles. The SMILES string of the molecule is CCOc1cc(/C=C2\C(=O)NC(=O)N(c3ccc(Cl)cc3)C2=O)ccc1OCCOc1ccccc1Cl. The van der Waals surface area contributed by atoms with Crippen molar-refractivity contribution in [2.45, 2.75) is 6.92 Å². The van der Waals surface area contributed by atoms with E-state index >= 15 is 0 Å². The Morgan fingerprint density at radius 3 is 2.24 bits per heavy atom. The number of hydrogen-bond acceptors (Lipinski definition) is 6. The predicted molar refractivity (Wildman–Crippen MR) is 141 cm³/mol. The van der Waals surface area contributed by atoms with Crippen LogP contribution in [-0.2, 0) is 9.59 Å². The number of ether oxygens (including phenoxy) is 3. The Bertz CT molecular complexity index is 1360. The van der Waals surface area contributed by atoms with Gasteiger partial charge in [-0.05, 0) is 67.1 Å². The summed E-state index contributed by atoms with van der Waals surface area (Å²) in [6, 6.07) is 17.4. The normalized spacial score (nSPS) is 14.5. The van der Waals surface area contributed by atoms with E-state index in [1.807, 2.05) is 19.1 Å². The lowest BCUT2D eigenvalue weighted by Gasteiger charge is -2.26. The van der Waals surface area contributed by atoms with Crippen molar-refractivity contribution in [1.29, 1.82) is 0 Å². The highest BCUT2D eigenvalue weighted by molar-refractivity contribution is 6.39. The lowest BCUT2D eigenvalue weighted by Crippen LogP contribution is -2.54. The van der Waals surface area contributed by atoms with Crippen molar-refractivity contribution in [3.63, 3.8) is 0 Å². The molecule has 1 saturated heterocycles. The standard InChI is InChI=1S/C27H22Cl2N2O6/c1-2-35-24-16-17(7-12-23(24)37-14-13-36-22-6-4-3-5-21(22)29)15-20-25(32)30-27(34)31(26(20)33)19-10-8-18(28)9-11-19/h3-12,15-16H,2,13-14H2,1H3,(H,30,32,34)/b20-15+. The number of para-hydroxylation sites is 1. The highest BCUT2D eigenvalue weighted by Gasteiger charge is 2.36. The number of barbiturate groups is 1. The Morgan fingerprint density at radius 2 is 1.54 bits per heavy atom. The van der Waals surface area contributed by atoms with Gasteiger partial charge >= 0.3 is 6.03 Å². The first-order chi connectivity index (χ1) is 17.9. The van der Waals surface area contributed by atoms with E-state index in [1.165, 1.54) is 18.2 Å². The summed E-state index contributed by atoms with van der Waals surface area (Å²) in [5.74, 6) is -0.115. The second-order valence-electron chi connectivity index (χ2n) is 7.70. The summed E-state index contributed by atoms with van der Waals surface area (Å²) in [6.45, 7) is 2.67. The third-order valence-corrected chi connectivity index (χ3v) is 5.76. The summed E-state index contributed by atoms with van der Waals surface area (Å²) < 4.78 is 17.1. The van der Waals surface area contributed by atoms with Gasteiger partial charge in [0.2, 0.25) is 0 Å². The van der Waals surface area contributed by atoms with Crippen LogP contribution in [0.15, 0.2) is 72.3 Å². The maximum atomic E-state index is 13.1. The van der Waals surface area contributed by atoms with Crippen LogP contribution in [0.1, 0.15) is 12.5 Å². The number of urea groups is 1. The zero-order valence-corrected chi connectivity index (χ0v) is 21.2. The van der Waals surface area contributed by atoms with E-state index < -0.39 is 17.8 Å². The number of nitrogens with zero attached hydrogens (tertiary/aromatic N) is 1. The van der Waals surface area contributed by atoms with E-state index in [0.717, 1.165) is 4.90 Å². The Morgan fingerprint density at radius 1 is 0.838 bits per heavy atom. The number of amides is 4. The molecule has 0 bridgehead atoms. The van der Waals surface area contributed by atoms with Crippen LogP contribution in [0.5, 0.6) is 17.2 Å². The summed E-state index contributed by atoms with van der Waals surface area (Å²) in [6.07, 6.45) is 1.39. The van der Waals surface area contributed by atoms with Crippen LogP contribution in [0.4, 0.5) is 10.5 Å². The molecule has 0 aliphatic carbocycles. The lowest BCUT2D eigenvalue weighted by atomic mass is 10.1. The van der Waals surface area contributed by atoms with Crippen molar-refractivity contribution in [3.8, 4) is 17.2 Å². The van der Waals surface area contributed by atoms with Gasteiger partial charge in [0.05, 0.1) is 17.3 Å². The second kappa shape index (κ2) is 11.8. The van der Waals surface area contributed by atoms with Crippen LogP contribution in [0.3, 0.4) is 0 Å². The van der Waals surface area contributed by atoms with Gasteiger partial charge in [0.25, 0.3) is 11.8 Å². The van der Waals surface area contributed by atoms with Crippen LogP contribution in [-0.4, -0.2) is 37.7 Å². The minimum atomic E-state index is -0.841. The van der Waals surface area contributed by atoms with Gasteiger partial charge in [-0.15, -0.1) is 0 Å². The van der Waals surface area contributed by atoms with Crippen LogP contribution < -0.4 is 24.4 Å². The summed E-state index contributed by atoms with van der Waals surface area (Å²) in [7, 11) is 0. The summed E-state index contributed by atoms with van der Waals surface area (Å²) in [5.41, 5.74) is 0.578. The third kappa shape index (κ3) is 6.22. The predicted octanol–water partition coefficient (Wildman–Crippen LogP) is 5.52. The van der Waals surface area contributed by atoms with Crippen molar-refractivity contribution in [3.05, 3.63) is 87.9 Å². The second-order valence-corrected chi connectivity index (χ2v) is 8.54. The van der Waals surface area contributed by atoms with Crippen molar-refractivity contribution in [2.75, 3.05) is 24.7 Å². The lowest BCUT2D eigenvalue weighted by molar-refractivity contribution is -0.122. The van der Waals surface area contributed by atoms with E-state index in [-0.39, 0.29) is 24.5 Å². The molecule has 190 valence electrons. The van der Waals surface area contributed by atoms with Gasteiger partial charge in [-0.3, -0.25) is 14.9 Å². The minimum Gasteiger partial charge on any atom is -0.490 e. The average Bonchev–Trinajstić information content (AvgIpc) is 2.87. The topological polar surface area (TPSA) is 94.2 Å². The molecule has 3 aromatic rings. The number of anilines is 1. The molecule has 0 saturated carbocycles. The fourth-order valence-corrected chi connectivity index (χ4v) is 3.83. The van der Waals surface area contributed by atoms with Crippen LogP contribution in [0.25, 0.3) is 6.08 Å². The van der Waals surface area contributed by atoms with Crippen LogP contribution in [0, 0.1) is 0 Å². The Kier molecular flexibility index (Phi) is 8.32. The molecular formula is C27H22Cl2N2O6. The molecule has 37 heavy (non-hydrogen) atoms. The largest absolute Gasteiger partial charge is 0.490 e. The molecule has 0 unspecified atom stereocenters. The molecule has 3 aromatic carbocycles. The number of hydrogen-bond donors (Lipinski definition) is 1. The molecule has 1 fully saturated rings. The van der Waals surface area contributed by atoms with Gasteiger partial charge in [-0.25, -0.2) is 9.69 Å². The number of rotatable bonds is 9. The third-order valence-electron chi connectivity index (χ3n) is 5.20. The van der Waals surface area contributed by atoms with E-state index in [1.54, 1.807) is 42.5 Å². The maximum Gasteiger partial charge on any atom is 0.335 e. The van der Waals surface area contributed by atoms with Crippen molar-refractivity contribution < 1.29 is 28.6 Å². The molecule has 0 aromatic heterocycles. The number of carbonyl (C=O) groups is 3. The first kappa shape index (κ1) is 26.1. The molecule has 4 rings (SSSR count). The average molecular weight is 541 g/mol. The smallest absolute Gasteiger partial charge is 0.335 e. The molecule has 0 radical (unpaired) electrons. The van der Waals surface area contributed by atoms with Gasteiger partial charge in [-0.2, -0.15) is 0 Å². The van der Waals surface area contributed by atoms with Gasteiger partial charge < -0.3 is 14.2 Å². The molecule has 0 atom stereocenters. The number of nitrogens with one attached hydrogen (secondary N) is 1. The van der Waals surface area contributed by atoms with Gasteiger partial charge in [-0.1, -0.05) is 41.4 Å². The van der Waals surface area contributed by atoms with E-state index in [0.29, 0.717) is 39.5 Å². The van der Waals surface area contributed by atoms with E-state index in [2.05, 4.69) is 5.32 Å². The molecule has 10 heteroatoms. The Balaban J connectivity index is 1.51. The fraction of sp³-hybridized carbons (Fsp3) is 0.148. The first-order valence-electron chi connectivity index (χ1n) is 11.3. The van der Waals surface area contributed by atoms with Crippen LogP contribution in [0.2, 0.25) is 10.0 Å². The summed E-state index contributed by atoms with van der Waals surface area (Å²) in [4.78, 5) is 38.8. The molecule has 8 nitrogen and oxygen atoms in total. The first-order valence-corrected chi connectivity index (χ1v) is 12.1. The maximum absolute atomic E-state index is 13.1. The highest BCUT2D eigenvalue weighted by atomic mass is 35.5. The zero-order valence-electron chi connectivity index (χ0n) is 19.7. The van der Waals surface area contributed by atoms with E-state index in [9.17, 15) is 14.4 Å². The van der Waals surface area contributed by atoms with E-state index in [4.69, 9.17) is 37.4 Å². The van der Waals surface area contributed by atoms with Crippen molar-refractivity contribution >= 4 is 52.8 Å². The van der Waals surface area contributed by atoms with Crippen molar-refractivity contribution in [1.82, 2.24) is 5.32 Å². The Hall–Kier alpha value is -4.01. The van der Waals surface area contributed by atoms with Crippen molar-refractivity contribution in [2.24, 2.45) is 0 Å². The Labute approximate surface area is 223 Å². The molecule has 1 heterocycles. The van der Waals surface area contributed by atoms with Crippen LogP contribution >= 0.6 is 23.2 Å². The molecule has 4 amide bonds. The summed E-state index contributed by atoms with van der Waals surface area (Å²) in [5, 5.41) is 3.15.